The van der Waals surface area contributed by atoms with Crippen LogP contribution in [0.1, 0.15) is 20.3 Å². The average molecular weight is 200 g/mol. The van der Waals surface area contributed by atoms with Crippen LogP contribution in [0.5, 0.6) is 0 Å². The van der Waals surface area contributed by atoms with Crippen LogP contribution in [-0.4, -0.2) is 28.3 Å². The Labute approximate surface area is 66.2 Å². The Hall–Kier alpha value is 0.360. The van der Waals surface area contributed by atoms with E-state index in [-0.39, 0.29) is 17.0 Å². The molecule has 0 aliphatic carbocycles. The van der Waals surface area contributed by atoms with Gasteiger partial charge in [0.15, 0.2) is 0 Å². The Kier molecular flexibility index (Phi) is 6.94. The van der Waals surface area contributed by atoms with Crippen LogP contribution in [0.15, 0.2) is 0 Å². The van der Waals surface area contributed by atoms with E-state index >= 15 is 0 Å². The number of hydroxylamine groups is 4. The second-order valence-corrected chi connectivity index (χ2v) is 1.92. The zero-order valence-electron chi connectivity index (χ0n) is 5.84. The molecule has 0 unspecified atom stereocenters. The topological polar surface area (TPSA) is 40.5 Å². The Morgan fingerprint density at radius 1 is 1.22 bits per heavy atom. The van der Waals surface area contributed by atoms with Gasteiger partial charge in [-0.05, 0) is 18.2 Å². The molecule has 0 amide bonds. The van der Waals surface area contributed by atoms with Crippen molar-refractivity contribution in [3.63, 3.8) is 0 Å². The molecule has 4 heteroatoms. The van der Waals surface area contributed by atoms with Gasteiger partial charge in [0.05, 0.1) is 0 Å². The van der Waals surface area contributed by atoms with Gasteiger partial charge in [-0.25, -0.2) is 0 Å². The van der Waals surface area contributed by atoms with Crippen LogP contribution in [0.4, 0.5) is 0 Å². The van der Waals surface area contributed by atoms with E-state index in [0.29, 0.717) is 13.1 Å². The van der Waals surface area contributed by atoms with Crippen molar-refractivity contribution in [2.45, 2.75) is 20.3 Å². The van der Waals surface area contributed by atoms with Gasteiger partial charge in [-0.3, -0.25) is 0 Å². The van der Waals surface area contributed by atoms with E-state index in [9.17, 15) is 0 Å². The van der Waals surface area contributed by atoms with E-state index < -0.39 is 4.81 Å². The van der Waals surface area contributed by atoms with Crippen molar-refractivity contribution in [3.05, 3.63) is 0 Å². The standard InChI is InChI=1S/C5H14NO2.BrH/c1-3-5-6(7,8)4-2;/h7-8H,3-5H2,1-2H3;1H/q+1;/p-1. The molecule has 0 radical (unpaired) electrons. The maximum Gasteiger partial charge on any atom is 0.141 e. The van der Waals surface area contributed by atoms with Gasteiger partial charge >= 0.3 is 0 Å². The van der Waals surface area contributed by atoms with E-state index in [1.807, 2.05) is 6.92 Å². The molecule has 0 aromatic rings. The summed E-state index contributed by atoms with van der Waals surface area (Å²) in [5, 5.41) is 17.6. The summed E-state index contributed by atoms with van der Waals surface area (Å²) in [6.45, 7) is 4.41. The molecule has 0 rings (SSSR count). The molecule has 0 bridgehead atoms. The quantitative estimate of drug-likeness (QED) is 0.409. The maximum absolute atomic E-state index is 8.82. The van der Waals surface area contributed by atoms with Crippen molar-refractivity contribution in [1.82, 2.24) is 0 Å². The molecule has 0 aliphatic rings. The summed E-state index contributed by atoms with van der Waals surface area (Å²) in [4.78, 5) is -0.837. The number of hydrogen-bond acceptors (Lipinski definition) is 2. The van der Waals surface area contributed by atoms with Gasteiger partial charge in [-0.1, -0.05) is 6.92 Å². The minimum absolute atomic E-state index is 0. The van der Waals surface area contributed by atoms with Crippen LogP contribution in [0.2, 0.25) is 0 Å². The molecule has 0 saturated carbocycles. The van der Waals surface area contributed by atoms with Gasteiger partial charge < -0.3 is 17.0 Å². The van der Waals surface area contributed by atoms with Crippen molar-refractivity contribution in [1.29, 1.82) is 0 Å². The fourth-order valence-electron chi connectivity index (χ4n) is 0.516. The number of quaternary nitrogens is 1. The summed E-state index contributed by atoms with van der Waals surface area (Å²) in [5.74, 6) is 0. The second-order valence-electron chi connectivity index (χ2n) is 1.92. The Morgan fingerprint density at radius 3 is 1.78 bits per heavy atom. The molecule has 3 nitrogen and oxygen atoms in total. The minimum Gasteiger partial charge on any atom is -1.00 e. The minimum atomic E-state index is -0.837. The van der Waals surface area contributed by atoms with Crippen LogP contribution >= 0.6 is 0 Å². The van der Waals surface area contributed by atoms with Crippen molar-refractivity contribution >= 4 is 0 Å². The molecule has 0 heterocycles. The number of nitrogens with zero attached hydrogens (tertiary/aromatic N) is 1. The molecule has 0 spiro atoms. The van der Waals surface area contributed by atoms with Crippen LogP contribution < -0.4 is 17.0 Å². The van der Waals surface area contributed by atoms with Crippen LogP contribution in [-0.2, 0) is 0 Å². The molecule has 58 valence electrons. The first-order valence-corrected chi connectivity index (χ1v) is 2.95. The first-order chi connectivity index (χ1) is 3.62. The highest BCUT2D eigenvalue weighted by Crippen LogP contribution is 1.94. The number of hydrogen-bond donors (Lipinski definition) is 2. The Morgan fingerprint density at radius 2 is 1.67 bits per heavy atom. The van der Waals surface area contributed by atoms with Gasteiger partial charge in [0, 0.05) is 0 Å². The van der Waals surface area contributed by atoms with Gasteiger partial charge in [0.2, 0.25) is 0 Å². The van der Waals surface area contributed by atoms with E-state index in [2.05, 4.69) is 0 Å². The molecule has 0 atom stereocenters. The van der Waals surface area contributed by atoms with Gasteiger partial charge in [-0.15, -0.1) is 0 Å². The van der Waals surface area contributed by atoms with Crippen LogP contribution in [0, 0.1) is 0 Å². The Bertz CT molecular complexity index is 68.0. The fraction of sp³-hybridized carbons (Fsp3) is 1.00. The molecular formula is C5H14BrNO2. The highest BCUT2D eigenvalue weighted by Gasteiger charge is 2.16. The molecule has 0 aromatic heterocycles. The lowest BCUT2D eigenvalue weighted by Gasteiger charge is -2.17. The first-order valence-electron chi connectivity index (χ1n) is 2.95. The summed E-state index contributed by atoms with van der Waals surface area (Å²) in [7, 11) is 0. The summed E-state index contributed by atoms with van der Waals surface area (Å²) in [6, 6.07) is 0. The molecule has 0 fully saturated rings. The van der Waals surface area contributed by atoms with Crippen LogP contribution in [0.25, 0.3) is 0 Å². The fourth-order valence-corrected chi connectivity index (χ4v) is 0.516. The average Bonchev–Trinajstić information content (AvgIpc) is 1.67. The lowest BCUT2D eigenvalue weighted by Crippen LogP contribution is -3.00. The number of rotatable bonds is 3. The molecule has 9 heavy (non-hydrogen) atoms. The maximum atomic E-state index is 8.82. The second kappa shape index (κ2) is 5.17. The largest absolute Gasteiger partial charge is 1.00 e. The van der Waals surface area contributed by atoms with E-state index in [1.54, 1.807) is 6.92 Å². The summed E-state index contributed by atoms with van der Waals surface area (Å²) < 4.78 is 0. The SMILES string of the molecule is CCC[N+](O)(O)CC.[Br-]. The normalized spacial score (nSPS) is 10.7. The first kappa shape index (κ1) is 12.1. The van der Waals surface area contributed by atoms with Crippen LogP contribution in [0.3, 0.4) is 0 Å². The molecule has 0 saturated heterocycles. The molecule has 2 N–H and O–H groups in total. The van der Waals surface area contributed by atoms with Crippen molar-refractivity contribution in [3.8, 4) is 0 Å². The van der Waals surface area contributed by atoms with Crippen molar-refractivity contribution < 1.29 is 32.2 Å². The predicted molar refractivity (Wildman–Crippen MR) is 29.5 cm³/mol. The van der Waals surface area contributed by atoms with Gasteiger partial charge in [0.25, 0.3) is 0 Å². The van der Waals surface area contributed by atoms with Gasteiger partial charge in [0.1, 0.15) is 13.1 Å². The van der Waals surface area contributed by atoms with Crippen molar-refractivity contribution in [2.24, 2.45) is 0 Å². The summed E-state index contributed by atoms with van der Waals surface area (Å²) >= 11 is 0. The molecule has 0 aromatic carbocycles. The predicted octanol–water partition coefficient (Wildman–Crippen LogP) is -1.98. The van der Waals surface area contributed by atoms with Crippen molar-refractivity contribution in [2.75, 3.05) is 13.1 Å². The molecule has 0 aliphatic heterocycles. The third-order valence-electron chi connectivity index (χ3n) is 1.09. The summed E-state index contributed by atoms with van der Waals surface area (Å²) in [5.41, 5.74) is 0. The lowest BCUT2D eigenvalue weighted by atomic mass is 10.5. The zero-order chi connectivity index (χ0) is 6.62. The smallest absolute Gasteiger partial charge is 0.141 e. The molecular weight excluding hydrogens is 186 g/mol. The highest BCUT2D eigenvalue weighted by atomic mass is 79.9. The van der Waals surface area contributed by atoms with E-state index in [1.165, 1.54) is 0 Å². The lowest BCUT2D eigenvalue weighted by molar-refractivity contribution is -1.24. The third-order valence-corrected chi connectivity index (χ3v) is 1.09. The Balaban J connectivity index is 0. The van der Waals surface area contributed by atoms with E-state index in [4.69, 9.17) is 10.4 Å². The monoisotopic (exact) mass is 199 g/mol. The van der Waals surface area contributed by atoms with E-state index in [0.717, 1.165) is 6.42 Å². The van der Waals surface area contributed by atoms with Gasteiger partial charge in [-0.2, -0.15) is 10.4 Å². The highest BCUT2D eigenvalue weighted by molar-refractivity contribution is 4.17. The zero-order valence-corrected chi connectivity index (χ0v) is 7.43. The third kappa shape index (κ3) is 6.24. The number of halogens is 1. The summed E-state index contributed by atoms with van der Waals surface area (Å²) in [6.07, 6.45) is 0.792.